The monoisotopic (exact) mass is 390 g/mol. The Morgan fingerprint density at radius 3 is 2.79 bits per heavy atom. The fourth-order valence-electron chi connectivity index (χ4n) is 4.21. The minimum absolute atomic E-state index is 0.0465. The molecule has 1 aromatic carbocycles. The summed E-state index contributed by atoms with van der Waals surface area (Å²) in [6.07, 6.45) is 10.6. The van der Waals surface area contributed by atoms with E-state index in [4.69, 9.17) is 0 Å². The fraction of sp³-hybridized carbons (Fsp3) is 0.417. The Hall–Kier alpha value is -2.66. The van der Waals surface area contributed by atoms with Crippen molar-refractivity contribution < 1.29 is 4.79 Å². The van der Waals surface area contributed by atoms with Crippen LogP contribution in [0.5, 0.6) is 0 Å². The van der Waals surface area contributed by atoms with E-state index in [2.05, 4.69) is 39.9 Å². The van der Waals surface area contributed by atoms with Gasteiger partial charge < -0.3 is 15.2 Å². The quantitative estimate of drug-likeness (QED) is 0.572. The first-order valence-corrected chi connectivity index (χ1v) is 10.8. The van der Waals surface area contributed by atoms with Crippen LogP contribution in [0.2, 0.25) is 0 Å². The topological polar surface area (TPSA) is 59.0 Å². The lowest BCUT2D eigenvalue weighted by Gasteiger charge is -2.21. The zero-order chi connectivity index (χ0) is 19.9. The SMILES string of the molecule is O=C(Cn1ccc2ccc(-c3ccccn3)cc21)NCCNCC1CCCCC1. The van der Waals surface area contributed by atoms with E-state index in [1.807, 2.05) is 29.0 Å². The van der Waals surface area contributed by atoms with Gasteiger partial charge >= 0.3 is 0 Å². The minimum atomic E-state index is 0.0465. The van der Waals surface area contributed by atoms with Crippen LogP contribution in [0, 0.1) is 5.92 Å². The minimum Gasteiger partial charge on any atom is -0.353 e. The maximum atomic E-state index is 12.4. The summed E-state index contributed by atoms with van der Waals surface area (Å²) in [7, 11) is 0. The molecule has 4 rings (SSSR count). The lowest BCUT2D eigenvalue weighted by atomic mass is 9.89. The van der Waals surface area contributed by atoms with Crippen LogP contribution < -0.4 is 10.6 Å². The third kappa shape index (κ3) is 5.24. The number of rotatable bonds is 8. The maximum absolute atomic E-state index is 12.4. The second-order valence-corrected chi connectivity index (χ2v) is 7.99. The predicted octanol–water partition coefficient (Wildman–Crippen LogP) is 3.99. The Balaban J connectivity index is 1.28. The molecule has 0 spiro atoms. The van der Waals surface area contributed by atoms with Gasteiger partial charge in [-0.25, -0.2) is 0 Å². The standard InChI is InChI=1S/C24H30N4O/c29-24(27-14-13-25-17-19-6-2-1-3-7-19)18-28-15-11-20-9-10-21(16-23(20)28)22-8-4-5-12-26-22/h4-5,8-12,15-16,19,25H,1-3,6-7,13-14,17-18H2,(H,27,29). The number of amides is 1. The van der Waals surface area contributed by atoms with Crippen molar-refractivity contribution in [2.45, 2.75) is 38.6 Å². The lowest BCUT2D eigenvalue weighted by Crippen LogP contribution is -2.35. The summed E-state index contributed by atoms with van der Waals surface area (Å²) in [6.45, 7) is 2.91. The molecule has 0 saturated heterocycles. The predicted molar refractivity (Wildman–Crippen MR) is 118 cm³/mol. The van der Waals surface area contributed by atoms with Gasteiger partial charge in [-0.05, 0) is 55.0 Å². The third-order valence-corrected chi connectivity index (χ3v) is 5.83. The number of benzene rings is 1. The summed E-state index contributed by atoms with van der Waals surface area (Å²) in [4.78, 5) is 16.8. The molecule has 2 N–H and O–H groups in total. The third-order valence-electron chi connectivity index (χ3n) is 5.83. The zero-order valence-electron chi connectivity index (χ0n) is 16.9. The molecule has 2 aromatic heterocycles. The molecule has 0 atom stereocenters. The van der Waals surface area contributed by atoms with Gasteiger partial charge in [0.2, 0.25) is 5.91 Å². The number of carbonyl (C=O) groups excluding carboxylic acids is 1. The molecule has 0 bridgehead atoms. The van der Waals surface area contributed by atoms with Gasteiger partial charge in [0.1, 0.15) is 6.54 Å². The average molecular weight is 391 g/mol. The number of nitrogens with zero attached hydrogens (tertiary/aromatic N) is 2. The van der Waals surface area contributed by atoms with Gasteiger partial charge in [0, 0.05) is 36.6 Å². The average Bonchev–Trinajstić information content (AvgIpc) is 3.17. The molecular weight excluding hydrogens is 360 g/mol. The Kier molecular flexibility index (Phi) is 6.57. The van der Waals surface area contributed by atoms with Crippen molar-refractivity contribution in [2.75, 3.05) is 19.6 Å². The molecule has 1 aliphatic rings. The molecule has 0 unspecified atom stereocenters. The van der Waals surface area contributed by atoms with E-state index in [9.17, 15) is 4.79 Å². The maximum Gasteiger partial charge on any atom is 0.239 e. The molecule has 5 heteroatoms. The summed E-state index contributed by atoms with van der Waals surface area (Å²) in [5, 5.41) is 7.66. The Labute approximate surface area is 172 Å². The van der Waals surface area contributed by atoms with Gasteiger partial charge in [0.05, 0.1) is 5.69 Å². The van der Waals surface area contributed by atoms with Crippen LogP contribution in [-0.4, -0.2) is 35.1 Å². The number of aromatic nitrogens is 2. The second kappa shape index (κ2) is 9.70. The van der Waals surface area contributed by atoms with Gasteiger partial charge in [0.15, 0.2) is 0 Å². The van der Waals surface area contributed by atoms with Crippen molar-refractivity contribution in [3.05, 3.63) is 54.9 Å². The molecule has 2 heterocycles. The number of nitrogens with one attached hydrogen (secondary N) is 2. The molecule has 0 radical (unpaired) electrons. The molecule has 0 aliphatic heterocycles. The van der Waals surface area contributed by atoms with Crippen LogP contribution in [0.15, 0.2) is 54.9 Å². The van der Waals surface area contributed by atoms with Gasteiger partial charge in [0.25, 0.3) is 0 Å². The van der Waals surface area contributed by atoms with Crippen LogP contribution >= 0.6 is 0 Å². The van der Waals surface area contributed by atoms with Crippen molar-refractivity contribution in [3.8, 4) is 11.3 Å². The molecule has 1 fully saturated rings. The van der Waals surface area contributed by atoms with Gasteiger partial charge in [-0.3, -0.25) is 9.78 Å². The highest BCUT2D eigenvalue weighted by Gasteiger charge is 2.12. The van der Waals surface area contributed by atoms with Crippen LogP contribution in [0.4, 0.5) is 0 Å². The van der Waals surface area contributed by atoms with Gasteiger partial charge in [-0.15, -0.1) is 0 Å². The van der Waals surface area contributed by atoms with Crippen molar-refractivity contribution in [1.29, 1.82) is 0 Å². The van der Waals surface area contributed by atoms with Crippen molar-refractivity contribution in [3.63, 3.8) is 0 Å². The van der Waals surface area contributed by atoms with Gasteiger partial charge in [-0.2, -0.15) is 0 Å². The van der Waals surface area contributed by atoms with Crippen LogP contribution in [0.3, 0.4) is 0 Å². The van der Waals surface area contributed by atoms with Crippen molar-refractivity contribution in [1.82, 2.24) is 20.2 Å². The highest BCUT2D eigenvalue weighted by Crippen LogP contribution is 2.24. The van der Waals surface area contributed by atoms with E-state index in [0.29, 0.717) is 13.1 Å². The van der Waals surface area contributed by atoms with E-state index in [1.165, 1.54) is 32.1 Å². The number of fused-ring (bicyclic) bond motifs is 1. The van der Waals surface area contributed by atoms with E-state index in [0.717, 1.165) is 41.2 Å². The summed E-state index contributed by atoms with van der Waals surface area (Å²) >= 11 is 0. The molecular formula is C24H30N4O. The van der Waals surface area contributed by atoms with E-state index >= 15 is 0 Å². The van der Waals surface area contributed by atoms with Crippen LogP contribution in [-0.2, 0) is 11.3 Å². The first-order chi connectivity index (χ1) is 14.3. The van der Waals surface area contributed by atoms with E-state index in [1.54, 1.807) is 6.20 Å². The summed E-state index contributed by atoms with van der Waals surface area (Å²) in [5.74, 6) is 0.865. The Bertz CT molecular complexity index is 928. The van der Waals surface area contributed by atoms with E-state index < -0.39 is 0 Å². The van der Waals surface area contributed by atoms with Crippen LogP contribution in [0.25, 0.3) is 22.2 Å². The fourth-order valence-corrected chi connectivity index (χ4v) is 4.21. The first kappa shape index (κ1) is 19.6. The van der Waals surface area contributed by atoms with Gasteiger partial charge in [-0.1, -0.05) is 37.5 Å². The molecule has 3 aromatic rings. The highest BCUT2D eigenvalue weighted by molar-refractivity contribution is 5.86. The summed E-state index contributed by atoms with van der Waals surface area (Å²) in [6, 6.07) is 14.2. The van der Waals surface area contributed by atoms with Crippen LogP contribution in [0.1, 0.15) is 32.1 Å². The lowest BCUT2D eigenvalue weighted by molar-refractivity contribution is -0.121. The Morgan fingerprint density at radius 2 is 1.97 bits per heavy atom. The second-order valence-electron chi connectivity index (χ2n) is 7.99. The smallest absolute Gasteiger partial charge is 0.239 e. The number of hydrogen-bond acceptors (Lipinski definition) is 3. The van der Waals surface area contributed by atoms with Crippen molar-refractivity contribution >= 4 is 16.8 Å². The zero-order valence-corrected chi connectivity index (χ0v) is 16.9. The number of hydrogen-bond donors (Lipinski definition) is 2. The first-order valence-electron chi connectivity index (χ1n) is 10.8. The Morgan fingerprint density at radius 1 is 1.07 bits per heavy atom. The molecule has 152 valence electrons. The molecule has 5 nitrogen and oxygen atoms in total. The molecule has 1 saturated carbocycles. The molecule has 1 aliphatic carbocycles. The van der Waals surface area contributed by atoms with Crippen molar-refractivity contribution in [2.24, 2.45) is 5.92 Å². The number of pyridine rings is 1. The van der Waals surface area contributed by atoms with E-state index in [-0.39, 0.29) is 5.91 Å². The normalized spacial score (nSPS) is 14.9. The molecule has 29 heavy (non-hydrogen) atoms. The highest BCUT2D eigenvalue weighted by atomic mass is 16.1. The number of carbonyl (C=O) groups is 1. The summed E-state index contributed by atoms with van der Waals surface area (Å²) < 4.78 is 2.01. The largest absolute Gasteiger partial charge is 0.353 e. The summed E-state index contributed by atoms with van der Waals surface area (Å²) in [5.41, 5.74) is 3.06. The molecule has 1 amide bonds.